The molecule has 0 fully saturated rings. The number of Topliss-reactive ketones (excluding diaryl/α,β-unsaturated/α-hetero) is 2. The van der Waals surface area contributed by atoms with Crippen LogP contribution in [0.1, 0.15) is 41.0 Å². The summed E-state index contributed by atoms with van der Waals surface area (Å²) in [6.45, 7) is 3.12. The fraction of sp³-hybridized carbons (Fsp3) is 0.353. The van der Waals surface area contributed by atoms with Crippen LogP contribution in [0.3, 0.4) is 0 Å². The standard InChI is InChI=1S/C17H16O5/c1-8-6-11-15(13(7-8)22-9(2)18)17(21)14-10(16(11)20)4-3-5-12(14)19/h3-5,7,11,13,15,19H,6H2,1-2H3/t11-,13+,15-/m1/s1. The molecule has 22 heavy (non-hydrogen) atoms. The van der Waals surface area contributed by atoms with Crippen LogP contribution in [-0.4, -0.2) is 28.7 Å². The number of allylic oxidation sites excluding steroid dienone is 1. The first kappa shape index (κ1) is 14.5. The number of carbonyl (C=O) groups excluding carboxylic acids is 3. The van der Waals surface area contributed by atoms with E-state index in [0.717, 1.165) is 5.57 Å². The second-order valence-electron chi connectivity index (χ2n) is 5.85. The van der Waals surface area contributed by atoms with Gasteiger partial charge < -0.3 is 9.84 Å². The molecule has 1 N–H and O–H groups in total. The molecule has 1 aromatic carbocycles. The molecule has 0 unspecified atom stereocenters. The Hall–Kier alpha value is -2.43. The Kier molecular flexibility index (Phi) is 3.35. The van der Waals surface area contributed by atoms with Crippen molar-refractivity contribution in [2.75, 3.05) is 0 Å². The molecule has 1 aromatic rings. The first-order chi connectivity index (χ1) is 10.4. The van der Waals surface area contributed by atoms with Crippen molar-refractivity contribution in [3.63, 3.8) is 0 Å². The molecule has 0 amide bonds. The van der Waals surface area contributed by atoms with E-state index in [4.69, 9.17) is 4.74 Å². The van der Waals surface area contributed by atoms with E-state index >= 15 is 0 Å². The molecule has 0 aromatic heterocycles. The van der Waals surface area contributed by atoms with Crippen LogP contribution in [0.25, 0.3) is 0 Å². The molecule has 0 heterocycles. The molecule has 3 rings (SSSR count). The van der Waals surface area contributed by atoms with Crippen LogP contribution < -0.4 is 0 Å². The normalized spacial score (nSPS) is 26.8. The van der Waals surface area contributed by atoms with Crippen molar-refractivity contribution in [3.8, 4) is 5.75 Å². The highest BCUT2D eigenvalue weighted by Crippen LogP contribution is 2.42. The van der Waals surface area contributed by atoms with Gasteiger partial charge in [0.1, 0.15) is 11.9 Å². The molecule has 0 saturated carbocycles. The number of rotatable bonds is 1. The van der Waals surface area contributed by atoms with E-state index < -0.39 is 23.9 Å². The lowest BCUT2D eigenvalue weighted by molar-refractivity contribution is -0.146. The summed E-state index contributed by atoms with van der Waals surface area (Å²) in [7, 11) is 0. The van der Waals surface area contributed by atoms with Gasteiger partial charge in [-0.2, -0.15) is 0 Å². The molecule has 114 valence electrons. The van der Waals surface area contributed by atoms with Gasteiger partial charge >= 0.3 is 5.97 Å². The number of esters is 1. The number of phenolic OH excluding ortho intramolecular Hbond substituents is 1. The van der Waals surface area contributed by atoms with Gasteiger partial charge in [0.05, 0.1) is 11.5 Å². The molecule has 2 aliphatic carbocycles. The zero-order valence-electron chi connectivity index (χ0n) is 12.3. The molecule has 0 radical (unpaired) electrons. The van der Waals surface area contributed by atoms with Crippen LogP contribution in [-0.2, 0) is 9.53 Å². The summed E-state index contributed by atoms with van der Waals surface area (Å²) >= 11 is 0. The topological polar surface area (TPSA) is 80.7 Å². The Labute approximate surface area is 127 Å². The summed E-state index contributed by atoms with van der Waals surface area (Å²) in [6.07, 6.45) is 1.42. The maximum atomic E-state index is 12.8. The van der Waals surface area contributed by atoms with E-state index in [0.29, 0.717) is 6.42 Å². The summed E-state index contributed by atoms with van der Waals surface area (Å²) in [6, 6.07) is 4.49. The number of aromatic hydroxyl groups is 1. The second kappa shape index (κ2) is 5.09. The molecule has 3 atom stereocenters. The average Bonchev–Trinajstić information content (AvgIpc) is 2.43. The predicted molar refractivity (Wildman–Crippen MR) is 77.7 cm³/mol. The number of hydrogen-bond acceptors (Lipinski definition) is 5. The van der Waals surface area contributed by atoms with Crippen molar-refractivity contribution in [1.29, 1.82) is 0 Å². The zero-order chi connectivity index (χ0) is 16.0. The van der Waals surface area contributed by atoms with E-state index in [1.165, 1.54) is 13.0 Å². The van der Waals surface area contributed by atoms with Crippen molar-refractivity contribution in [3.05, 3.63) is 41.0 Å². The molecule has 0 bridgehead atoms. The van der Waals surface area contributed by atoms with Crippen molar-refractivity contribution in [1.82, 2.24) is 0 Å². The Morgan fingerprint density at radius 2 is 2.00 bits per heavy atom. The summed E-state index contributed by atoms with van der Waals surface area (Å²) in [5, 5.41) is 9.96. The molecule has 0 saturated heterocycles. The first-order valence-electron chi connectivity index (χ1n) is 7.15. The van der Waals surface area contributed by atoms with Gasteiger partial charge in [0, 0.05) is 18.4 Å². The number of fused-ring (bicyclic) bond motifs is 2. The highest BCUT2D eigenvalue weighted by atomic mass is 16.5. The third-order valence-electron chi connectivity index (χ3n) is 4.27. The maximum absolute atomic E-state index is 12.8. The lowest BCUT2D eigenvalue weighted by atomic mass is 9.66. The van der Waals surface area contributed by atoms with E-state index in [2.05, 4.69) is 0 Å². The van der Waals surface area contributed by atoms with Crippen molar-refractivity contribution in [2.24, 2.45) is 11.8 Å². The van der Waals surface area contributed by atoms with E-state index in [1.54, 1.807) is 18.2 Å². The largest absolute Gasteiger partial charge is 0.507 e. The van der Waals surface area contributed by atoms with E-state index in [-0.39, 0.29) is 28.4 Å². The Balaban J connectivity index is 2.13. The van der Waals surface area contributed by atoms with Crippen LogP contribution in [0.4, 0.5) is 0 Å². The minimum absolute atomic E-state index is 0.0406. The third kappa shape index (κ3) is 2.13. The van der Waals surface area contributed by atoms with Crippen LogP contribution in [0, 0.1) is 11.8 Å². The van der Waals surface area contributed by atoms with Crippen LogP contribution >= 0.6 is 0 Å². The van der Waals surface area contributed by atoms with Gasteiger partial charge in [-0.15, -0.1) is 0 Å². The molecule has 2 aliphatic rings. The number of benzene rings is 1. The van der Waals surface area contributed by atoms with E-state index in [1.807, 2.05) is 6.92 Å². The number of carbonyl (C=O) groups is 3. The zero-order valence-corrected chi connectivity index (χ0v) is 12.3. The van der Waals surface area contributed by atoms with Crippen molar-refractivity contribution in [2.45, 2.75) is 26.4 Å². The van der Waals surface area contributed by atoms with Gasteiger partial charge in [-0.25, -0.2) is 0 Å². The monoisotopic (exact) mass is 300 g/mol. The lowest BCUT2D eigenvalue weighted by Gasteiger charge is -2.37. The Morgan fingerprint density at radius 3 is 2.68 bits per heavy atom. The van der Waals surface area contributed by atoms with Gasteiger partial charge in [-0.05, 0) is 25.5 Å². The smallest absolute Gasteiger partial charge is 0.303 e. The van der Waals surface area contributed by atoms with Crippen molar-refractivity contribution < 1.29 is 24.2 Å². The van der Waals surface area contributed by atoms with Crippen LogP contribution in [0.5, 0.6) is 5.75 Å². The molecular formula is C17H16O5. The highest BCUT2D eigenvalue weighted by Gasteiger charge is 2.48. The first-order valence-corrected chi connectivity index (χ1v) is 7.15. The average molecular weight is 300 g/mol. The second-order valence-corrected chi connectivity index (χ2v) is 5.85. The summed E-state index contributed by atoms with van der Waals surface area (Å²) in [5.41, 5.74) is 1.21. The maximum Gasteiger partial charge on any atom is 0.303 e. The molecule has 0 spiro atoms. The molecular weight excluding hydrogens is 284 g/mol. The molecule has 5 nitrogen and oxygen atoms in total. The fourth-order valence-electron chi connectivity index (χ4n) is 3.41. The highest BCUT2D eigenvalue weighted by molar-refractivity contribution is 6.17. The Morgan fingerprint density at radius 1 is 1.27 bits per heavy atom. The van der Waals surface area contributed by atoms with Gasteiger partial charge in [0.25, 0.3) is 0 Å². The third-order valence-corrected chi connectivity index (χ3v) is 4.27. The van der Waals surface area contributed by atoms with Gasteiger partial charge in [0.2, 0.25) is 0 Å². The summed E-state index contributed by atoms with van der Waals surface area (Å²) in [5.74, 6) is -2.54. The molecule has 0 aliphatic heterocycles. The predicted octanol–water partition coefficient (Wildman–Crippen LogP) is 2.29. The number of ketones is 2. The van der Waals surface area contributed by atoms with Gasteiger partial charge in [-0.1, -0.05) is 17.7 Å². The van der Waals surface area contributed by atoms with Crippen LogP contribution in [0.2, 0.25) is 0 Å². The number of hydrogen-bond donors (Lipinski definition) is 1. The SMILES string of the molecule is CC(=O)O[C@H]1C=C(C)C[C@H]2C(=O)c3cccc(O)c3C(=O)[C@@H]12. The summed E-state index contributed by atoms with van der Waals surface area (Å²) in [4.78, 5) is 36.8. The van der Waals surface area contributed by atoms with Crippen LogP contribution in [0.15, 0.2) is 29.8 Å². The molecule has 5 heteroatoms. The minimum Gasteiger partial charge on any atom is -0.507 e. The quantitative estimate of drug-likeness (QED) is 0.635. The minimum atomic E-state index is -0.763. The number of phenols is 1. The number of ether oxygens (including phenoxy) is 1. The van der Waals surface area contributed by atoms with Crippen molar-refractivity contribution >= 4 is 17.5 Å². The van der Waals surface area contributed by atoms with Gasteiger partial charge in [-0.3, -0.25) is 14.4 Å². The fourth-order valence-corrected chi connectivity index (χ4v) is 3.41. The van der Waals surface area contributed by atoms with Gasteiger partial charge in [0.15, 0.2) is 11.6 Å². The van der Waals surface area contributed by atoms with E-state index in [9.17, 15) is 19.5 Å². The summed E-state index contributed by atoms with van der Waals surface area (Å²) < 4.78 is 5.23. The Bertz CT molecular complexity index is 716. The lowest BCUT2D eigenvalue weighted by Crippen LogP contribution is -2.46.